The fraction of sp³-hybridized carbons (Fsp3) is 0.158. The van der Waals surface area contributed by atoms with E-state index in [2.05, 4.69) is 15.3 Å². The summed E-state index contributed by atoms with van der Waals surface area (Å²) >= 11 is 0. The van der Waals surface area contributed by atoms with Gasteiger partial charge in [-0.3, -0.25) is 0 Å². The highest BCUT2D eigenvalue weighted by Crippen LogP contribution is 2.36. The van der Waals surface area contributed by atoms with Crippen LogP contribution in [0.3, 0.4) is 0 Å². The van der Waals surface area contributed by atoms with Gasteiger partial charge in [-0.25, -0.2) is 9.97 Å². The van der Waals surface area contributed by atoms with Gasteiger partial charge in [-0.2, -0.15) is 0 Å². The Kier molecular flexibility index (Phi) is 3.75. The Labute approximate surface area is 140 Å². The van der Waals surface area contributed by atoms with Gasteiger partial charge >= 0.3 is 0 Å². The summed E-state index contributed by atoms with van der Waals surface area (Å²) in [5.74, 6) is 3.04. The first kappa shape index (κ1) is 14.5. The van der Waals surface area contributed by atoms with E-state index in [0.717, 1.165) is 47.0 Å². The Morgan fingerprint density at radius 2 is 1.92 bits per heavy atom. The summed E-state index contributed by atoms with van der Waals surface area (Å²) in [6, 6.07) is 15.8. The summed E-state index contributed by atoms with van der Waals surface area (Å²) < 4.78 is 11.3. The number of fused-ring (bicyclic) bond motifs is 2. The van der Waals surface area contributed by atoms with Crippen molar-refractivity contribution in [3.63, 3.8) is 0 Å². The van der Waals surface area contributed by atoms with Crippen LogP contribution < -0.4 is 14.8 Å². The summed E-state index contributed by atoms with van der Waals surface area (Å²) in [4.78, 5) is 8.72. The van der Waals surface area contributed by atoms with Gasteiger partial charge in [-0.05, 0) is 48.7 Å². The van der Waals surface area contributed by atoms with Crippen LogP contribution in [0.2, 0.25) is 0 Å². The first-order valence-electron chi connectivity index (χ1n) is 7.84. The number of methoxy groups -OCH3 is 1. The van der Waals surface area contributed by atoms with Gasteiger partial charge in [0, 0.05) is 5.69 Å². The molecule has 0 atom stereocenters. The molecule has 0 amide bonds. The van der Waals surface area contributed by atoms with Crippen molar-refractivity contribution in [3.8, 4) is 17.4 Å². The monoisotopic (exact) mass is 319 g/mol. The maximum atomic E-state index is 6.03. The summed E-state index contributed by atoms with van der Waals surface area (Å²) in [6.45, 7) is 0. The molecular formula is C19H17N3O2. The van der Waals surface area contributed by atoms with Crippen molar-refractivity contribution in [2.45, 2.75) is 12.8 Å². The summed E-state index contributed by atoms with van der Waals surface area (Å²) in [6.07, 6.45) is 3.17. The first-order valence-corrected chi connectivity index (χ1v) is 7.84. The number of rotatable bonds is 3. The fourth-order valence-electron chi connectivity index (χ4n) is 2.82. The third kappa shape index (κ3) is 2.76. The average molecular weight is 319 g/mol. The fourth-order valence-corrected chi connectivity index (χ4v) is 2.82. The Balaban J connectivity index is 1.68. The number of benzene rings is 2. The molecule has 0 spiro atoms. The van der Waals surface area contributed by atoms with E-state index < -0.39 is 0 Å². The molecule has 24 heavy (non-hydrogen) atoms. The Bertz CT molecular complexity index is 866. The molecule has 120 valence electrons. The maximum Gasteiger partial charge on any atom is 0.227 e. The van der Waals surface area contributed by atoms with Crippen LogP contribution in [0.1, 0.15) is 11.1 Å². The summed E-state index contributed by atoms with van der Waals surface area (Å²) in [5, 5.41) is 3.35. The number of nitrogens with one attached hydrogen (secondary N) is 1. The molecule has 0 unspecified atom stereocenters. The molecule has 2 heterocycles. The highest BCUT2D eigenvalue weighted by molar-refractivity contribution is 5.62. The minimum atomic E-state index is 0.604. The van der Waals surface area contributed by atoms with Crippen LogP contribution in [0.25, 0.3) is 0 Å². The van der Waals surface area contributed by atoms with E-state index in [-0.39, 0.29) is 0 Å². The van der Waals surface area contributed by atoms with E-state index in [1.807, 2.05) is 48.5 Å². The number of anilines is 2. The second-order valence-electron chi connectivity index (χ2n) is 5.57. The van der Waals surface area contributed by atoms with Crippen LogP contribution in [0.15, 0.2) is 54.9 Å². The van der Waals surface area contributed by atoms with Crippen LogP contribution >= 0.6 is 0 Å². The largest absolute Gasteiger partial charge is 0.497 e. The second-order valence-corrected chi connectivity index (χ2v) is 5.57. The van der Waals surface area contributed by atoms with Gasteiger partial charge in [-0.1, -0.05) is 18.2 Å². The van der Waals surface area contributed by atoms with E-state index in [0.29, 0.717) is 5.88 Å². The lowest BCUT2D eigenvalue weighted by molar-refractivity contribution is 0.411. The highest BCUT2D eigenvalue weighted by atomic mass is 16.5. The van der Waals surface area contributed by atoms with E-state index in [1.165, 1.54) is 6.33 Å². The average Bonchev–Trinajstić information content (AvgIpc) is 2.82. The van der Waals surface area contributed by atoms with Crippen molar-refractivity contribution >= 4 is 11.5 Å². The lowest BCUT2D eigenvalue weighted by Crippen LogP contribution is -2.02. The van der Waals surface area contributed by atoms with Gasteiger partial charge in [0.25, 0.3) is 0 Å². The molecule has 1 aliphatic rings. The van der Waals surface area contributed by atoms with Gasteiger partial charge in [0.15, 0.2) is 0 Å². The van der Waals surface area contributed by atoms with Gasteiger partial charge in [0.05, 0.1) is 12.7 Å². The minimum absolute atomic E-state index is 0.604. The van der Waals surface area contributed by atoms with Gasteiger partial charge in [0.2, 0.25) is 5.88 Å². The molecule has 0 fully saturated rings. The molecule has 1 N–H and O–H groups in total. The molecule has 5 heteroatoms. The SMILES string of the molecule is COc1ccc2c(c1)CCc1c(Nc3ccccc3)ncnc1O2. The predicted octanol–water partition coefficient (Wildman–Crippen LogP) is 4.12. The second kappa shape index (κ2) is 6.20. The van der Waals surface area contributed by atoms with Crippen molar-refractivity contribution in [1.29, 1.82) is 0 Å². The molecular weight excluding hydrogens is 302 g/mol. The number of nitrogens with zero attached hydrogens (tertiary/aromatic N) is 2. The molecule has 3 aromatic rings. The van der Waals surface area contributed by atoms with Gasteiger partial charge in [-0.15, -0.1) is 0 Å². The van der Waals surface area contributed by atoms with Gasteiger partial charge in [0.1, 0.15) is 23.6 Å². The molecule has 0 aliphatic carbocycles. The Hall–Kier alpha value is -3.08. The standard InChI is InChI=1S/C19H17N3O2/c1-23-15-8-10-17-13(11-15)7-9-16-18(20-12-21-19(16)24-17)22-14-5-3-2-4-6-14/h2-6,8,10-12H,7,9H2,1H3,(H,20,21,22). The van der Waals surface area contributed by atoms with Crippen LogP contribution in [-0.4, -0.2) is 17.1 Å². The van der Waals surface area contributed by atoms with Crippen molar-refractivity contribution in [3.05, 3.63) is 66.0 Å². The van der Waals surface area contributed by atoms with Crippen LogP contribution in [0.5, 0.6) is 17.4 Å². The third-order valence-electron chi connectivity index (χ3n) is 4.06. The summed E-state index contributed by atoms with van der Waals surface area (Å²) in [5.41, 5.74) is 3.08. The molecule has 0 saturated heterocycles. The maximum absolute atomic E-state index is 6.03. The van der Waals surface area contributed by atoms with E-state index in [4.69, 9.17) is 9.47 Å². The first-order chi connectivity index (χ1) is 11.8. The number of aryl methyl sites for hydroxylation is 1. The highest BCUT2D eigenvalue weighted by Gasteiger charge is 2.20. The molecule has 1 aromatic heterocycles. The number of hydrogen-bond acceptors (Lipinski definition) is 5. The molecule has 0 radical (unpaired) electrons. The van der Waals surface area contributed by atoms with Gasteiger partial charge < -0.3 is 14.8 Å². The normalized spacial score (nSPS) is 12.4. The zero-order chi connectivity index (χ0) is 16.4. The molecule has 4 rings (SSSR count). The van der Waals surface area contributed by atoms with Crippen LogP contribution in [-0.2, 0) is 12.8 Å². The zero-order valence-corrected chi connectivity index (χ0v) is 13.3. The molecule has 2 aromatic carbocycles. The van der Waals surface area contributed by atoms with Crippen molar-refractivity contribution in [2.75, 3.05) is 12.4 Å². The molecule has 0 saturated carbocycles. The van der Waals surface area contributed by atoms with E-state index in [1.54, 1.807) is 7.11 Å². The van der Waals surface area contributed by atoms with Crippen molar-refractivity contribution < 1.29 is 9.47 Å². The minimum Gasteiger partial charge on any atom is -0.497 e. The molecule has 0 bridgehead atoms. The Morgan fingerprint density at radius 3 is 2.75 bits per heavy atom. The number of ether oxygens (including phenoxy) is 2. The Morgan fingerprint density at radius 1 is 1.04 bits per heavy atom. The number of para-hydroxylation sites is 1. The molecule has 5 nitrogen and oxygen atoms in total. The third-order valence-corrected chi connectivity index (χ3v) is 4.06. The van der Waals surface area contributed by atoms with Crippen LogP contribution in [0, 0.1) is 0 Å². The van der Waals surface area contributed by atoms with Crippen molar-refractivity contribution in [1.82, 2.24) is 9.97 Å². The smallest absolute Gasteiger partial charge is 0.227 e. The number of hydrogen-bond donors (Lipinski definition) is 1. The summed E-state index contributed by atoms with van der Waals surface area (Å²) in [7, 11) is 1.67. The zero-order valence-electron chi connectivity index (χ0n) is 13.3. The lowest BCUT2D eigenvalue weighted by Gasteiger charge is -2.12. The van der Waals surface area contributed by atoms with Crippen LogP contribution in [0.4, 0.5) is 11.5 Å². The molecule has 1 aliphatic heterocycles. The number of aromatic nitrogens is 2. The quantitative estimate of drug-likeness (QED) is 0.787. The van der Waals surface area contributed by atoms with E-state index >= 15 is 0 Å². The topological polar surface area (TPSA) is 56.3 Å². The van der Waals surface area contributed by atoms with Crippen molar-refractivity contribution in [2.24, 2.45) is 0 Å². The van der Waals surface area contributed by atoms with E-state index in [9.17, 15) is 0 Å². The predicted molar refractivity (Wildman–Crippen MR) is 92.2 cm³/mol. The lowest BCUT2D eigenvalue weighted by atomic mass is 10.1.